The zero-order valence-electron chi connectivity index (χ0n) is 51.4. The fourth-order valence-electron chi connectivity index (χ4n) is 8.83. The van der Waals surface area contributed by atoms with Crippen LogP contribution in [0.2, 0.25) is 36.3 Å². The summed E-state index contributed by atoms with van der Waals surface area (Å²) in [5.74, 6) is 4.44. The number of esters is 1. The van der Waals surface area contributed by atoms with E-state index in [1.807, 2.05) is 121 Å². The zero-order chi connectivity index (χ0) is 60.0. The van der Waals surface area contributed by atoms with Gasteiger partial charge in [0.1, 0.15) is 34.2 Å². The molecule has 0 radical (unpaired) electrons. The summed E-state index contributed by atoms with van der Waals surface area (Å²) in [5, 5.41) is 10.2. The maximum absolute atomic E-state index is 12.5. The van der Waals surface area contributed by atoms with Crippen LogP contribution in [0.3, 0.4) is 0 Å². The van der Waals surface area contributed by atoms with E-state index in [0.29, 0.717) is 32.8 Å². The van der Waals surface area contributed by atoms with Crippen LogP contribution in [0.5, 0.6) is 23.0 Å². The first-order chi connectivity index (χ1) is 39.0. The summed E-state index contributed by atoms with van der Waals surface area (Å²) < 4.78 is 53.8. The molecule has 2 unspecified atom stereocenters. The lowest BCUT2D eigenvalue weighted by molar-refractivity contribution is -0.141. The SMILES string of the molecule is COC(=O)CC(COC(c1ccccc1)(c1ccc(OC)cc1)c1ccc(OC)cc1)SCCO[Si](C)(C)C(C)(C)C.COc1ccc(C(OCC(CCO)SCCO[Si](C)(C)C(C)(C)C)(c2ccccc2)c2ccc(OC)cc2)cc1. The van der Waals surface area contributed by atoms with Crippen molar-refractivity contribution in [3.8, 4) is 23.0 Å². The van der Waals surface area contributed by atoms with E-state index in [1.54, 1.807) is 40.2 Å². The average Bonchev–Trinajstić information content (AvgIpc) is 3.48. The van der Waals surface area contributed by atoms with Crippen molar-refractivity contribution in [2.75, 3.05) is 80.1 Å². The van der Waals surface area contributed by atoms with E-state index in [0.717, 1.165) is 67.9 Å². The van der Waals surface area contributed by atoms with E-state index in [1.165, 1.54) is 7.11 Å². The summed E-state index contributed by atoms with van der Waals surface area (Å²) in [5.41, 5.74) is 4.07. The molecule has 6 aromatic rings. The first-order valence-electron chi connectivity index (χ1n) is 28.2. The molecule has 0 spiro atoms. The highest BCUT2D eigenvalue weighted by molar-refractivity contribution is 8.00. The van der Waals surface area contributed by atoms with Gasteiger partial charge in [0.2, 0.25) is 0 Å². The summed E-state index contributed by atoms with van der Waals surface area (Å²) in [7, 11) is 4.40. The molecule has 2 atom stereocenters. The Kier molecular flexibility index (Phi) is 26.2. The second kappa shape index (κ2) is 31.7. The van der Waals surface area contributed by atoms with Crippen molar-refractivity contribution in [3.63, 3.8) is 0 Å². The molecule has 0 aliphatic rings. The molecule has 0 aromatic heterocycles. The topological polar surface area (TPSA) is 120 Å². The van der Waals surface area contributed by atoms with Crippen molar-refractivity contribution in [3.05, 3.63) is 191 Å². The molecule has 0 aliphatic carbocycles. The second-order valence-corrected chi connectivity index (χ2v) is 35.6. The lowest BCUT2D eigenvalue weighted by Crippen LogP contribution is -2.41. The number of aliphatic hydroxyl groups is 1. The highest BCUT2D eigenvalue weighted by Crippen LogP contribution is 2.45. The quantitative estimate of drug-likeness (QED) is 0.0200. The monoisotopic (exact) mass is 1190 g/mol. The van der Waals surface area contributed by atoms with Gasteiger partial charge in [-0.15, -0.1) is 0 Å². The molecule has 11 nitrogen and oxygen atoms in total. The van der Waals surface area contributed by atoms with Crippen LogP contribution in [-0.2, 0) is 39.1 Å². The molecular weight excluding hydrogens is 1100 g/mol. The summed E-state index contributed by atoms with van der Waals surface area (Å²) in [4.78, 5) is 12.5. The third-order valence-corrected chi connectivity index (χ3v) is 27.3. The van der Waals surface area contributed by atoms with Crippen molar-refractivity contribution >= 4 is 46.1 Å². The van der Waals surface area contributed by atoms with Crippen LogP contribution >= 0.6 is 23.5 Å². The first-order valence-corrected chi connectivity index (χ1v) is 36.1. The maximum atomic E-state index is 12.5. The summed E-state index contributed by atoms with van der Waals surface area (Å²) >= 11 is 3.49. The van der Waals surface area contributed by atoms with E-state index in [2.05, 4.69) is 116 Å². The van der Waals surface area contributed by atoms with Gasteiger partial charge >= 0.3 is 5.97 Å². The molecular formula is C67H92O11S2Si2. The number of rotatable bonds is 30. The molecule has 6 aromatic carbocycles. The highest BCUT2D eigenvalue weighted by Gasteiger charge is 2.42. The van der Waals surface area contributed by atoms with Gasteiger partial charge < -0.3 is 47.1 Å². The molecule has 1 N–H and O–H groups in total. The van der Waals surface area contributed by atoms with Gasteiger partial charge in [-0.05, 0) is 125 Å². The number of aliphatic hydroxyl groups excluding tert-OH is 1. The average molecular weight is 1190 g/mol. The largest absolute Gasteiger partial charge is 0.497 e. The summed E-state index contributed by atoms with van der Waals surface area (Å²) in [6.07, 6.45) is 0.873. The Morgan fingerprint density at radius 2 is 0.744 bits per heavy atom. The van der Waals surface area contributed by atoms with E-state index < -0.39 is 27.8 Å². The normalized spacial score (nSPS) is 13.1. The van der Waals surface area contributed by atoms with Crippen molar-refractivity contribution in [1.29, 1.82) is 0 Å². The van der Waals surface area contributed by atoms with Crippen molar-refractivity contribution in [2.24, 2.45) is 0 Å². The zero-order valence-corrected chi connectivity index (χ0v) is 55.0. The predicted molar refractivity (Wildman–Crippen MR) is 344 cm³/mol. The van der Waals surface area contributed by atoms with Gasteiger partial charge in [-0.3, -0.25) is 4.79 Å². The van der Waals surface area contributed by atoms with Crippen LogP contribution in [-0.4, -0.2) is 118 Å². The number of hydrogen-bond donors (Lipinski definition) is 1. The maximum Gasteiger partial charge on any atom is 0.306 e. The van der Waals surface area contributed by atoms with Crippen LogP contribution < -0.4 is 18.9 Å². The van der Waals surface area contributed by atoms with Gasteiger partial charge in [0.15, 0.2) is 16.6 Å². The number of carbonyl (C=O) groups is 1. The molecule has 0 saturated heterocycles. The third-order valence-electron chi connectivity index (χ3n) is 15.8. The minimum atomic E-state index is -1.87. The van der Waals surface area contributed by atoms with Crippen LogP contribution in [0, 0.1) is 0 Å². The molecule has 0 bridgehead atoms. The molecule has 6 rings (SSSR count). The Morgan fingerprint density at radius 3 is 1.02 bits per heavy atom. The standard InChI is InChI=1S/C34H46O6SSi.C33H46O5SSi/c1-33(2,3)42(7,8)40-22-23-41-31(24-32(35)38-6)25-39-34(26-12-10-9-11-13-26,27-14-18-29(36-4)19-15-27)28-16-20-30(37-5)21-17-28;1-32(2,3)40(6,7)38-23-24-39-31(21-22-34)25-37-33(26-11-9-8-10-12-26,27-13-17-29(35-4)18-14-27)28-15-19-30(36-5)20-16-28/h9-21,31H,22-25H2,1-8H3;8-20,31,34H,21-25H2,1-7H3. The van der Waals surface area contributed by atoms with Crippen LogP contribution in [0.1, 0.15) is 87.8 Å². The molecule has 446 valence electrons. The number of methoxy groups -OCH3 is 5. The van der Waals surface area contributed by atoms with Crippen molar-refractivity contribution in [1.82, 2.24) is 0 Å². The molecule has 0 amide bonds. The molecule has 15 heteroatoms. The lowest BCUT2D eigenvalue weighted by atomic mass is 9.80. The smallest absolute Gasteiger partial charge is 0.306 e. The molecule has 82 heavy (non-hydrogen) atoms. The number of hydrogen-bond acceptors (Lipinski definition) is 13. The third kappa shape index (κ3) is 18.2. The van der Waals surface area contributed by atoms with Gasteiger partial charge in [0.25, 0.3) is 0 Å². The predicted octanol–water partition coefficient (Wildman–Crippen LogP) is 15.2. The summed E-state index contributed by atoms with van der Waals surface area (Å²) in [6, 6.07) is 52.5. The van der Waals surface area contributed by atoms with Gasteiger partial charge in [0, 0.05) is 41.8 Å². The highest BCUT2D eigenvalue weighted by atomic mass is 32.2. The Labute approximate surface area is 501 Å². The number of carbonyl (C=O) groups excluding carboxylic acids is 1. The van der Waals surface area contributed by atoms with E-state index in [-0.39, 0.29) is 39.6 Å². The summed E-state index contributed by atoms with van der Waals surface area (Å²) in [6.45, 7) is 24.8. The van der Waals surface area contributed by atoms with E-state index in [4.69, 9.17) is 42.0 Å². The molecule has 0 aliphatic heterocycles. The number of thioether (sulfide) groups is 2. The molecule has 0 heterocycles. The molecule has 0 saturated carbocycles. The van der Waals surface area contributed by atoms with Gasteiger partial charge in [-0.2, -0.15) is 23.5 Å². The van der Waals surface area contributed by atoms with Gasteiger partial charge in [-0.25, -0.2) is 0 Å². The van der Waals surface area contributed by atoms with Crippen LogP contribution in [0.25, 0.3) is 0 Å². The van der Waals surface area contributed by atoms with E-state index >= 15 is 0 Å². The van der Waals surface area contributed by atoms with Gasteiger partial charge in [-0.1, -0.05) is 151 Å². The number of benzene rings is 6. The second-order valence-electron chi connectivity index (χ2n) is 23.1. The van der Waals surface area contributed by atoms with Crippen LogP contribution in [0.15, 0.2) is 158 Å². The lowest BCUT2D eigenvalue weighted by Gasteiger charge is -2.37. The number of ether oxygens (including phenoxy) is 7. The Hall–Kier alpha value is -5.08. The minimum Gasteiger partial charge on any atom is -0.497 e. The molecule has 0 fully saturated rings. The van der Waals surface area contributed by atoms with E-state index in [9.17, 15) is 9.90 Å². The Balaban J connectivity index is 0.000000301. The Morgan fingerprint density at radius 1 is 0.451 bits per heavy atom. The van der Waals surface area contributed by atoms with Crippen molar-refractivity contribution in [2.45, 2.75) is 112 Å². The minimum absolute atomic E-state index is 0.104. The van der Waals surface area contributed by atoms with Gasteiger partial charge in [0.05, 0.1) is 55.2 Å². The van der Waals surface area contributed by atoms with Crippen molar-refractivity contribution < 1.29 is 51.9 Å². The first kappa shape index (κ1) is 67.7. The van der Waals surface area contributed by atoms with Crippen LogP contribution in [0.4, 0.5) is 0 Å². The Bertz CT molecular complexity index is 2670. The fraction of sp³-hybridized carbons (Fsp3) is 0.448. The fourth-order valence-corrected chi connectivity index (χ4v) is 13.1.